The van der Waals surface area contributed by atoms with Gasteiger partial charge in [0, 0.05) is 36.8 Å². The Morgan fingerprint density at radius 3 is 2.84 bits per heavy atom. The van der Waals surface area contributed by atoms with Crippen LogP contribution < -0.4 is 20.1 Å². The van der Waals surface area contributed by atoms with Gasteiger partial charge in [0.15, 0.2) is 5.82 Å². The van der Waals surface area contributed by atoms with Crippen molar-refractivity contribution in [3.63, 3.8) is 0 Å². The van der Waals surface area contributed by atoms with E-state index in [9.17, 15) is 0 Å². The fourth-order valence-corrected chi connectivity index (χ4v) is 3.76. The third kappa shape index (κ3) is 4.78. The van der Waals surface area contributed by atoms with Crippen molar-refractivity contribution in [1.29, 1.82) is 0 Å². The molecule has 5 rings (SSSR count). The van der Waals surface area contributed by atoms with Crippen LogP contribution in [0.2, 0.25) is 0 Å². The van der Waals surface area contributed by atoms with Crippen LogP contribution in [0.4, 0.5) is 11.6 Å². The molecule has 0 radical (unpaired) electrons. The second-order valence-electron chi connectivity index (χ2n) is 7.77. The molecule has 32 heavy (non-hydrogen) atoms. The number of ether oxygens (including phenoxy) is 2. The lowest BCUT2D eigenvalue weighted by atomic mass is 10.2. The van der Waals surface area contributed by atoms with Crippen molar-refractivity contribution in [3.8, 4) is 17.4 Å². The Hall–Kier alpha value is -3.72. The molecule has 1 fully saturated rings. The molecule has 0 bridgehead atoms. The fraction of sp³-hybridized carbons (Fsp3) is 0.304. The highest BCUT2D eigenvalue weighted by Crippen LogP contribution is 2.29. The highest BCUT2D eigenvalue weighted by atomic mass is 16.5. The lowest BCUT2D eigenvalue weighted by Crippen LogP contribution is -2.23. The third-order valence-corrected chi connectivity index (χ3v) is 5.40. The molecule has 1 saturated heterocycles. The van der Waals surface area contributed by atoms with Crippen molar-refractivity contribution in [2.24, 2.45) is 7.05 Å². The van der Waals surface area contributed by atoms with Gasteiger partial charge in [0.1, 0.15) is 23.6 Å². The van der Waals surface area contributed by atoms with Crippen molar-refractivity contribution in [3.05, 3.63) is 55.1 Å². The molecular formula is C23H25N7O2. The molecule has 9 nitrogen and oxygen atoms in total. The highest BCUT2D eigenvalue weighted by Gasteiger charge is 2.13. The average Bonchev–Trinajstić information content (AvgIpc) is 3.47. The quantitative estimate of drug-likeness (QED) is 0.434. The summed E-state index contributed by atoms with van der Waals surface area (Å²) in [6.07, 6.45) is 8.56. The smallest absolute Gasteiger partial charge is 0.219 e. The number of nitrogens with one attached hydrogen (secondary N) is 2. The Bertz CT molecular complexity index is 1190. The first-order valence-electron chi connectivity index (χ1n) is 10.7. The van der Waals surface area contributed by atoms with E-state index in [0.717, 1.165) is 29.6 Å². The number of aromatic nitrogens is 5. The Morgan fingerprint density at radius 2 is 2.06 bits per heavy atom. The van der Waals surface area contributed by atoms with E-state index in [1.165, 1.54) is 19.2 Å². The van der Waals surface area contributed by atoms with Gasteiger partial charge in [-0.1, -0.05) is 0 Å². The van der Waals surface area contributed by atoms with Crippen LogP contribution in [-0.2, 0) is 7.05 Å². The molecule has 0 saturated carbocycles. The molecule has 1 aliphatic heterocycles. The van der Waals surface area contributed by atoms with Gasteiger partial charge in [-0.15, -0.1) is 0 Å². The second-order valence-corrected chi connectivity index (χ2v) is 7.77. The number of pyridine rings is 1. The molecule has 0 spiro atoms. The molecule has 0 aliphatic carbocycles. The summed E-state index contributed by atoms with van der Waals surface area (Å²) in [7, 11) is 1.87. The Labute approximate surface area is 185 Å². The topological polar surface area (TPSA) is 99.0 Å². The molecule has 1 atom stereocenters. The van der Waals surface area contributed by atoms with Crippen LogP contribution in [-0.4, -0.2) is 43.9 Å². The Kier molecular flexibility index (Phi) is 5.80. The van der Waals surface area contributed by atoms with E-state index < -0.39 is 0 Å². The van der Waals surface area contributed by atoms with Gasteiger partial charge in [0.2, 0.25) is 5.88 Å². The first kappa shape index (κ1) is 20.2. The monoisotopic (exact) mass is 431 g/mol. The van der Waals surface area contributed by atoms with E-state index in [-0.39, 0.29) is 0 Å². The van der Waals surface area contributed by atoms with Crippen molar-refractivity contribution >= 4 is 22.5 Å². The molecule has 1 aliphatic rings. The summed E-state index contributed by atoms with van der Waals surface area (Å²) in [6.45, 7) is 1.79. The van der Waals surface area contributed by atoms with Crippen LogP contribution in [0.1, 0.15) is 19.3 Å². The maximum Gasteiger partial charge on any atom is 0.219 e. The zero-order valence-corrected chi connectivity index (χ0v) is 17.9. The summed E-state index contributed by atoms with van der Waals surface area (Å²) in [6, 6.07) is 11.8. The number of fused-ring (bicyclic) bond motifs is 1. The number of aryl methyl sites for hydroxylation is 1. The maximum atomic E-state index is 5.96. The number of benzene rings is 1. The Balaban J connectivity index is 1.25. The summed E-state index contributed by atoms with van der Waals surface area (Å²) in [5, 5.41) is 11.9. The van der Waals surface area contributed by atoms with Crippen LogP contribution >= 0.6 is 0 Å². The van der Waals surface area contributed by atoms with Crippen molar-refractivity contribution in [2.45, 2.75) is 25.3 Å². The minimum atomic E-state index is 0.491. The molecule has 164 valence electrons. The van der Waals surface area contributed by atoms with Crippen LogP contribution in [0.3, 0.4) is 0 Å². The lowest BCUT2D eigenvalue weighted by molar-refractivity contribution is 0.290. The molecule has 4 heterocycles. The van der Waals surface area contributed by atoms with E-state index in [0.29, 0.717) is 35.9 Å². The first-order chi connectivity index (χ1) is 15.7. The zero-order valence-electron chi connectivity index (χ0n) is 17.9. The van der Waals surface area contributed by atoms with Gasteiger partial charge in [-0.05, 0) is 50.1 Å². The van der Waals surface area contributed by atoms with Gasteiger partial charge in [-0.25, -0.2) is 15.0 Å². The predicted octanol–water partition coefficient (Wildman–Crippen LogP) is 3.82. The number of nitrogens with zero attached hydrogens (tertiary/aromatic N) is 5. The van der Waals surface area contributed by atoms with E-state index >= 15 is 0 Å². The van der Waals surface area contributed by atoms with Crippen molar-refractivity contribution < 1.29 is 9.47 Å². The second kappa shape index (κ2) is 9.19. The maximum absolute atomic E-state index is 5.96. The zero-order chi connectivity index (χ0) is 21.8. The normalized spacial score (nSPS) is 15.7. The number of hydrogen-bond donors (Lipinski definition) is 2. The van der Waals surface area contributed by atoms with Crippen molar-refractivity contribution in [1.82, 2.24) is 30.0 Å². The van der Waals surface area contributed by atoms with Gasteiger partial charge >= 0.3 is 0 Å². The minimum Gasteiger partial charge on any atom is -0.492 e. The van der Waals surface area contributed by atoms with E-state index in [4.69, 9.17) is 9.47 Å². The molecule has 0 amide bonds. The van der Waals surface area contributed by atoms with Crippen LogP contribution in [0, 0.1) is 0 Å². The van der Waals surface area contributed by atoms with Crippen LogP contribution in [0.15, 0.2) is 55.1 Å². The van der Waals surface area contributed by atoms with Crippen LogP contribution in [0.25, 0.3) is 10.9 Å². The van der Waals surface area contributed by atoms with E-state index in [1.54, 1.807) is 10.9 Å². The van der Waals surface area contributed by atoms with Gasteiger partial charge in [-0.3, -0.25) is 4.68 Å². The third-order valence-electron chi connectivity index (χ3n) is 5.40. The summed E-state index contributed by atoms with van der Waals surface area (Å²) in [5.74, 6) is 3.24. The van der Waals surface area contributed by atoms with Gasteiger partial charge in [-0.2, -0.15) is 5.10 Å². The number of rotatable bonds is 8. The molecule has 1 unspecified atom stereocenters. The Morgan fingerprint density at radius 1 is 1.12 bits per heavy atom. The summed E-state index contributed by atoms with van der Waals surface area (Å²) in [4.78, 5) is 13.1. The number of anilines is 2. The standard InChI is InChI=1S/C23H25N7O2/c1-30-11-8-21(29-30)28-23-19-13-17(4-6-20(19)26-15-27-23)32-22-7-5-18(14-25-22)31-12-9-16-3-2-10-24-16/h4-8,11,13-16,24H,2-3,9-10,12H2,1H3,(H,26,27,28,29). The summed E-state index contributed by atoms with van der Waals surface area (Å²) >= 11 is 0. The lowest BCUT2D eigenvalue weighted by Gasteiger charge is -2.11. The van der Waals surface area contributed by atoms with E-state index in [1.807, 2.05) is 49.6 Å². The van der Waals surface area contributed by atoms with Gasteiger partial charge in [0.25, 0.3) is 0 Å². The van der Waals surface area contributed by atoms with Gasteiger partial charge in [0.05, 0.1) is 18.3 Å². The SMILES string of the molecule is Cn1ccc(Nc2ncnc3ccc(Oc4ccc(OCCC5CCCN5)cn4)cc23)n1. The van der Waals surface area contributed by atoms with E-state index in [2.05, 4.69) is 30.7 Å². The molecule has 9 heteroatoms. The van der Waals surface area contributed by atoms with Gasteiger partial charge < -0.3 is 20.1 Å². The first-order valence-corrected chi connectivity index (χ1v) is 10.7. The highest BCUT2D eigenvalue weighted by molar-refractivity contribution is 5.91. The van der Waals surface area contributed by atoms with Crippen LogP contribution in [0.5, 0.6) is 17.4 Å². The number of hydrogen-bond acceptors (Lipinski definition) is 8. The molecule has 2 N–H and O–H groups in total. The summed E-state index contributed by atoms with van der Waals surface area (Å²) < 4.78 is 13.5. The molecule has 3 aromatic heterocycles. The molecule has 1 aromatic carbocycles. The minimum absolute atomic E-state index is 0.491. The fourth-order valence-electron chi connectivity index (χ4n) is 3.76. The van der Waals surface area contributed by atoms with Crippen molar-refractivity contribution in [2.75, 3.05) is 18.5 Å². The molecular weight excluding hydrogens is 406 g/mol. The average molecular weight is 432 g/mol. The largest absolute Gasteiger partial charge is 0.492 e. The molecule has 4 aromatic rings. The predicted molar refractivity (Wildman–Crippen MR) is 121 cm³/mol. The summed E-state index contributed by atoms with van der Waals surface area (Å²) in [5.41, 5.74) is 0.805.